The summed E-state index contributed by atoms with van der Waals surface area (Å²) in [6, 6.07) is 9.00. The molecule has 0 saturated carbocycles. The van der Waals surface area contributed by atoms with Crippen molar-refractivity contribution < 1.29 is 14.3 Å². The lowest BCUT2D eigenvalue weighted by Gasteiger charge is -2.44. The molecule has 0 aliphatic carbocycles. The maximum Gasteiger partial charge on any atom is 0.325 e. The van der Waals surface area contributed by atoms with E-state index >= 15 is 0 Å². The van der Waals surface area contributed by atoms with Gasteiger partial charge in [0.05, 0.1) is 0 Å². The Balaban J connectivity index is 1.82. The Bertz CT molecular complexity index is 904. The zero-order valence-electron chi connectivity index (χ0n) is 14.5. The third kappa shape index (κ3) is 2.58. The number of carbonyl (C=O) groups excluding carboxylic acids is 2. The van der Waals surface area contributed by atoms with Crippen molar-refractivity contribution in [2.75, 3.05) is 7.05 Å². The predicted octanol–water partition coefficient (Wildman–Crippen LogP) is 3.00. The van der Waals surface area contributed by atoms with Crippen LogP contribution in [0.1, 0.15) is 24.5 Å². The van der Waals surface area contributed by atoms with Crippen LogP contribution in [0.25, 0.3) is 0 Å². The lowest BCUT2D eigenvalue weighted by atomic mass is 9.75. The molecule has 1 fully saturated rings. The topological polar surface area (TPSA) is 71.5 Å². The average Bonchev–Trinajstić information content (AvgIpc) is 2.81. The van der Waals surface area contributed by atoms with Gasteiger partial charge < -0.3 is 10.1 Å². The summed E-state index contributed by atoms with van der Waals surface area (Å²) in [5.41, 5.74) is -0.105. The molecule has 26 heavy (non-hydrogen) atoms. The predicted molar refractivity (Wildman–Crippen MR) is 98.7 cm³/mol. The summed E-state index contributed by atoms with van der Waals surface area (Å²) in [6.45, 7) is 1.96. The Morgan fingerprint density at radius 1 is 1.35 bits per heavy atom. The number of imide groups is 1. The van der Waals surface area contributed by atoms with E-state index < -0.39 is 17.2 Å². The number of amides is 3. The molecule has 134 valence electrons. The molecule has 0 bridgehead atoms. The third-order valence-electron chi connectivity index (χ3n) is 4.99. The number of nitrogens with one attached hydrogen (secondary N) is 1. The summed E-state index contributed by atoms with van der Waals surface area (Å²) in [5.74, 6) is 0.345. The van der Waals surface area contributed by atoms with Crippen LogP contribution in [0.4, 0.5) is 4.79 Å². The zero-order chi connectivity index (χ0) is 18.5. The smallest absolute Gasteiger partial charge is 0.325 e. The molecule has 1 N–H and O–H groups in total. The number of aromatic nitrogens is 1. The highest BCUT2D eigenvalue weighted by molar-refractivity contribution is 9.10. The van der Waals surface area contributed by atoms with Crippen molar-refractivity contribution >= 4 is 27.9 Å². The number of hydrogen-bond donors (Lipinski definition) is 1. The Hall–Kier alpha value is -2.41. The average molecular weight is 416 g/mol. The van der Waals surface area contributed by atoms with Gasteiger partial charge in [0.1, 0.15) is 11.4 Å². The number of carbonyl (C=O) groups is 2. The first-order chi connectivity index (χ1) is 12.3. The molecule has 0 radical (unpaired) electrons. The van der Waals surface area contributed by atoms with E-state index in [1.54, 1.807) is 12.4 Å². The minimum atomic E-state index is -1.12. The highest BCUT2D eigenvalue weighted by Crippen LogP contribution is 2.48. The van der Waals surface area contributed by atoms with Crippen molar-refractivity contribution in [3.8, 4) is 5.75 Å². The number of likely N-dealkylation sites (N-methyl/N-ethyl adjacent to an activating group) is 1. The van der Waals surface area contributed by atoms with E-state index in [1.165, 1.54) is 7.05 Å². The van der Waals surface area contributed by atoms with E-state index in [0.717, 1.165) is 14.9 Å². The SMILES string of the molecule is CN1C(=O)NC2(CC(C)(Cc3cccnc3)Oc3ccc(Br)cc32)C1=O. The largest absolute Gasteiger partial charge is 0.487 e. The minimum Gasteiger partial charge on any atom is -0.487 e. The van der Waals surface area contributed by atoms with Gasteiger partial charge in [-0.05, 0) is 36.8 Å². The van der Waals surface area contributed by atoms with Crippen LogP contribution in [0.5, 0.6) is 5.75 Å². The summed E-state index contributed by atoms with van der Waals surface area (Å²) >= 11 is 3.45. The Labute approximate surface area is 159 Å². The summed E-state index contributed by atoms with van der Waals surface area (Å²) < 4.78 is 7.14. The minimum absolute atomic E-state index is 0.262. The molecule has 2 atom stereocenters. The van der Waals surface area contributed by atoms with Crippen LogP contribution < -0.4 is 10.1 Å². The van der Waals surface area contributed by atoms with Crippen LogP contribution >= 0.6 is 15.9 Å². The van der Waals surface area contributed by atoms with Crippen molar-refractivity contribution in [1.82, 2.24) is 15.2 Å². The first-order valence-corrected chi connectivity index (χ1v) is 9.11. The number of ether oxygens (including phenoxy) is 1. The number of pyridine rings is 1. The molecule has 3 amide bonds. The Kier molecular flexibility index (Phi) is 3.80. The molecular weight excluding hydrogens is 398 g/mol. The van der Waals surface area contributed by atoms with Crippen molar-refractivity contribution in [3.05, 3.63) is 58.3 Å². The molecule has 2 aliphatic rings. The monoisotopic (exact) mass is 415 g/mol. The lowest BCUT2D eigenvalue weighted by Crippen LogP contribution is -2.55. The number of fused-ring (bicyclic) bond motifs is 2. The van der Waals surface area contributed by atoms with Crippen LogP contribution in [0.3, 0.4) is 0 Å². The fourth-order valence-corrected chi connectivity index (χ4v) is 4.28. The number of halogens is 1. The van der Waals surface area contributed by atoms with Crippen LogP contribution in [0, 0.1) is 0 Å². The van der Waals surface area contributed by atoms with Gasteiger partial charge in [-0.15, -0.1) is 0 Å². The number of rotatable bonds is 2. The van der Waals surface area contributed by atoms with Gasteiger partial charge in [-0.3, -0.25) is 14.7 Å². The van der Waals surface area contributed by atoms with Gasteiger partial charge in [0, 0.05) is 42.3 Å². The summed E-state index contributed by atoms with van der Waals surface area (Å²) in [4.78, 5) is 30.6. The van der Waals surface area contributed by atoms with Gasteiger partial charge in [0.15, 0.2) is 5.54 Å². The third-order valence-corrected chi connectivity index (χ3v) is 5.49. The molecule has 2 aliphatic heterocycles. The Morgan fingerprint density at radius 2 is 2.15 bits per heavy atom. The number of nitrogens with zero attached hydrogens (tertiary/aromatic N) is 2. The molecule has 3 heterocycles. The van der Waals surface area contributed by atoms with E-state index in [-0.39, 0.29) is 5.91 Å². The fraction of sp³-hybridized carbons (Fsp3) is 0.316. The summed E-state index contributed by atoms with van der Waals surface area (Å²) in [7, 11) is 1.50. The second-order valence-electron chi connectivity index (χ2n) is 7.11. The van der Waals surface area contributed by atoms with Gasteiger partial charge in [0.2, 0.25) is 0 Å². The Morgan fingerprint density at radius 3 is 2.81 bits per heavy atom. The number of urea groups is 1. The van der Waals surface area contributed by atoms with Gasteiger partial charge in [0.25, 0.3) is 5.91 Å². The van der Waals surface area contributed by atoms with Crippen LogP contribution in [0.2, 0.25) is 0 Å². The first kappa shape index (κ1) is 17.0. The normalized spacial score (nSPS) is 27.3. The van der Waals surface area contributed by atoms with E-state index in [9.17, 15) is 9.59 Å². The molecule has 1 saturated heterocycles. The van der Waals surface area contributed by atoms with E-state index in [1.807, 2.05) is 37.3 Å². The highest BCUT2D eigenvalue weighted by atomic mass is 79.9. The zero-order valence-corrected chi connectivity index (χ0v) is 16.0. The van der Waals surface area contributed by atoms with Crippen molar-refractivity contribution in [2.45, 2.75) is 30.9 Å². The van der Waals surface area contributed by atoms with Crippen molar-refractivity contribution in [3.63, 3.8) is 0 Å². The molecule has 1 spiro atoms. The maximum atomic E-state index is 13.1. The van der Waals surface area contributed by atoms with Gasteiger partial charge in [-0.25, -0.2) is 4.79 Å². The molecule has 1 aromatic heterocycles. The lowest BCUT2D eigenvalue weighted by molar-refractivity contribution is -0.134. The van der Waals surface area contributed by atoms with Gasteiger partial charge in [-0.1, -0.05) is 22.0 Å². The molecular formula is C19H18BrN3O3. The van der Waals surface area contributed by atoms with Crippen molar-refractivity contribution in [2.24, 2.45) is 0 Å². The maximum absolute atomic E-state index is 13.1. The van der Waals surface area contributed by atoms with Crippen LogP contribution in [-0.4, -0.2) is 34.5 Å². The standard InChI is InChI=1S/C19H18BrN3O3/c1-18(9-12-4-3-7-21-10-12)11-19(16(24)23(2)17(25)22-19)14-8-13(20)5-6-15(14)26-18/h3-8,10H,9,11H2,1-2H3,(H,22,25). The second-order valence-corrected chi connectivity index (χ2v) is 8.02. The molecule has 1 aromatic carbocycles. The summed E-state index contributed by atoms with van der Waals surface area (Å²) in [5, 5.41) is 2.91. The van der Waals surface area contributed by atoms with Gasteiger partial charge >= 0.3 is 6.03 Å². The van der Waals surface area contributed by atoms with Crippen molar-refractivity contribution in [1.29, 1.82) is 0 Å². The van der Waals surface area contributed by atoms with E-state index in [0.29, 0.717) is 24.2 Å². The van der Waals surface area contributed by atoms with Gasteiger partial charge in [-0.2, -0.15) is 0 Å². The summed E-state index contributed by atoms with van der Waals surface area (Å²) in [6.07, 6.45) is 4.43. The molecule has 2 aromatic rings. The van der Waals surface area contributed by atoms with Crippen LogP contribution in [-0.2, 0) is 16.8 Å². The van der Waals surface area contributed by atoms with E-state index in [2.05, 4.69) is 26.2 Å². The molecule has 6 nitrogen and oxygen atoms in total. The molecule has 7 heteroatoms. The van der Waals surface area contributed by atoms with Crippen LogP contribution in [0.15, 0.2) is 47.2 Å². The molecule has 4 rings (SSSR count). The highest BCUT2D eigenvalue weighted by Gasteiger charge is 2.58. The molecule has 2 unspecified atom stereocenters. The quantitative estimate of drug-likeness (QED) is 0.765. The number of benzene rings is 1. The first-order valence-electron chi connectivity index (χ1n) is 8.31. The van der Waals surface area contributed by atoms with E-state index in [4.69, 9.17) is 4.74 Å². The number of hydrogen-bond acceptors (Lipinski definition) is 4. The second kappa shape index (κ2) is 5.81. The fourth-order valence-electron chi connectivity index (χ4n) is 3.92.